The molecule has 0 unspecified atom stereocenters. The predicted octanol–water partition coefficient (Wildman–Crippen LogP) is 5.07. The van der Waals surface area contributed by atoms with Crippen molar-refractivity contribution in [3.05, 3.63) is 63.9 Å². The fraction of sp³-hybridized carbons (Fsp3) is 0.286. The molecule has 1 heterocycles. The molecule has 1 aromatic heterocycles. The Labute approximate surface area is 183 Å². The van der Waals surface area contributed by atoms with Gasteiger partial charge in [0.1, 0.15) is 5.75 Å². The van der Waals surface area contributed by atoms with Gasteiger partial charge in [-0.25, -0.2) is 0 Å². The summed E-state index contributed by atoms with van der Waals surface area (Å²) < 4.78 is 8.81. The summed E-state index contributed by atoms with van der Waals surface area (Å²) in [6.07, 6.45) is -0.258. The fourth-order valence-electron chi connectivity index (χ4n) is 2.80. The van der Waals surface area contributed by atoms with Gasteiger partial charge in [-0.3, -0.25) is 4.79 Å². The molecule has 2 aromatic carbocycles. The fourth-order valence-corrected chi connectivity index (χ4v) is 3.95. The van der Waals surface area contributed by atoms with Crippen LogP contribution in [0.2, 0.25) is 0 Å². The first-order valence-electron chi connectivity index (χ1n) is 9.16. The number of carbonyl (C=O) groups excluding carboxylic acids is 1. The summed E-state index contributed by atoms with van der Waals surface area (Å²) in [5.74, 6) is 1.64. The molecule has 1 N–H and O–H groups in total. The number of ether oxygens (including phenoxy) is 1. The van der Waals surface area contributed by atoms with Crippen LogP contribution in [0.15, 0.2) is 52.1 Å². The standard InChI is InChI=1S/C21H23BrN4O2S/c1-13-14(2)18(11-10-17(13)22)23-19(27)12-29-21-25-24-20(26(21)4)15(3)28-16-8-6-5-7-9-16/h5-11,15H,12H2,1-4H3,(H,23,27)/t15-/m1/s1. The molecule has 3 aromatic rings. The highest BCUT2D eigenvalue weighted by Crippen LogP contribution is 2.27. The van der Waals surface area contributed by atoms with Crippen molar-refractivity contribution in [2.24, 2.45) is 7.05 Å². The van der Waals surface area contributed by atoms with E-state index in [1.54, 1.807) is 0 Å². The maximum atomic E-state index is 12.4. The molecule has 29 heavy (non-hydrogen) atoms. The van der Waals surface area contributed by atoms with Crippen LogP contribution < -0.4 is 10.1 Å². The summed E-state index contributed by atoms with van der Waals surface area (Å²) in [6.45, 7) is 5.94. The number of carbonyl (C=O) groups is 1. The van der Waals surface area contributed by atoms with Crippen molar-refractivity contribution in [3.63, 3.8) is 0 Å². The van der Waals surface area contributed by atoms with Gasteiger partial charge in [-0.15, -0.1) is 10.2 Å². The topological polar surface area (TPSA) is 69.0 Å². The van der Waals surface area contributed by atoms with Crippen molar-refractivity contribution < 1.29 is 9.53 Å². The van der Waals surface area contributed by atoms with Gasteiger partial charge in [0.05, 0.1) is 5.75 Å². The quantitative estimate of drug-likeness (QED) is 0.484. The largest absolute Gasteiger partial charge is 0.483 e. The second kappa shape index (κ2) is 9.45. The first-order chi connectivity index (χ1) is 13.9. The minimum absolute atomic E-state index is 0.0852. The molecule has 0 spiro atoms. The lowest BCUT2D eigenvalue weighted by Gasteiger charge is -2.14. The third kappa shape index (κ3) is 5.19. The summed E-state index contributed by atoms with van der Waals surface area (Å²) in [7, 11) is 1.88. The summed E-state index contributed by atoms with van der Waals surface area (Å²) in [4.78, 5) is 12.4. The van der Waals surface area contributed by atoms with E-state index in [0.29, 0.717) is 11.0 Å². The second-order valence-corrected chi connectivity index (χ2v) is 8.45. The molecule has 6 nitrogen and oxygen atoms in total. The van der Waals surface area contributed by atoms with Crippen molar-refractivity contribution in [1.29, 1.82) is 0 Å². The zero-order chi connectivity index (χ0) is 21.0. The molecule has 0 aliphatic rings. The summed E-state index contributed by atoms with van der Waals surface area (Å²) in [6, 6.07) is 13.4. The molecule has 152 valence electrons. The van der Waals surface area contributed by atoms with Crippen molar-refractivity contribution in [2.45, 2.75) is 32.0 Å². The normalized spacial score (nSPS) is 11.9. The molecular weight excluding hydrogens is 452 g/mol. The Hall–Kier alpha value is -2.32. The van der Waals surface area contributed by atoms with Gasteiger partial charge < -0.3 is 14.6 Å². The number of rotatable bonds is 7. The van der Waals surface area contributed by atoms with Crippen molar-refractivity contribution in [2.75, 3.05) is 11.1 Å². The minimum atomic E-state index is -0.258. The van der Waals surface area contributed by atoms with Gasteiger partial charge in [0.25, 0.3) is 0 Å². The van der Waals surface area contributed by atoms with Gasteiger partial charge in [0.15, 0.2) is 17.1 Å². The Morgan fingerprint density at radius 2 is 1.90 bits per heavy atom. The number of nitrogens with one attached hydrogen (secondary N) is 1. The van der Waals surface area contributed by atoms with Gasteiger partial charge in [-0.05, 0) is 56.2 Å². The molecule has 0 aliphatic heterocycles. The second-order valence-electron chi connectivity index (χ2n) is 6.65. The highest BCUT2D eigenvalue weighted by Gasteiger charge is 2.18. The Balaban J connectivity index is 1.60. The van der Waals surface area contributed by atoms with Crippen LogP contribution in [0.1, 0.15) is 30.0 Å². The number of aromatic nitrogens is 3. The van der Waals surface area contributed by atoms with Gasteiger partial charge in [-0.2, -0.15) is 0 Å². The Morgan fingerprint density at radius 1 is 1.17 bits per heavy atom. The van der Waals surface area contributed by atoms with Crippen molar-refractivity contribution in [3.8, 4) is 5.75 Å². The monoisotopic (exact) mass is 474 g/mol. The molecule has 0 radical (unpaired) electrons. The van der Waals surface area contributed by atoms with E-state index in [-0.39, 0.29) is 17.8 Å². The van der Waals surface area contributed by atoms with Crippen LogP contribution in [0.25, 0.3) is 0 Å². The van der Waals surface area contributed by atoms with E-state index in [2.05, 4.69) is 31.4 Å². The summed E-state index contributed by atoms with van der Waals surface area (Å²) in [5.41, 5.74) is 2.98. The van der Waals surface area contributed by atoms with Crippen LogP contribution in [-0.4, -0.2) is 26.4 Å². The zero-order valence-corrected chi connectivity index (χ0v) is 19.2. The number of anilines is 1. The summed E-state index contributed by atoms with van der Waals surface area (Å²) in [5, 5.41) is 12.1. The van der Waals surface area contributed by atoms with Gasteiger partial charge in [0, 0.05) is 17.2 Å². The van der Waals surface area contributed by atoms with E-state index < -0.39 is 0 Å². The number of hydrogen-bond donors (Lipinski definition) is 1. The van der Waals surface area contributed by atoms with E-state index in [4.69, 9.17) is 4.74 Å². The van der Waals surface area contributed by atoms with Crippen LogP contribution in [0.4, 0.5) is 5.69 Å². The first-order valence-corrected chi connectivity index (χ1v) is 10.9. The Kier molecular flexibility index (Phi) is 6.97. The van der Waals surface area contributed by atoms with Crippen molar-refractivity contribution >= 4 is 39.3 Å². The van der Waals surface area contributed by atoms with Crippen LogP contribution in [-0.2, 0) is 11.8 Å². The lowest BCUT2D eigenvalue weighted by Crippen LogP contribution is -2.16. The van der Waals surface area contributed by atoms with E-state index in [1.807, 2.05) is 74.9 Å². The maximum absolute atomic E-state index is 12.4. The zero-order valence-electron chi connectivity index (χ0n) is 16.8. The lowest BCUT2D eigenvalue weighted by molar-refractivity contribution is -0.113. The highest BCUT2D eigenvalue weighted by molar-refractivity contribution is 9.10. The number of thioether (sulfide) groups is 1. The molecule has 0 saturated carbocycles. The van der Waals surface area contributed by atoms with Gasteiger partial charge in [0.2, 0.25) is 5.91 Å². The third-order valence-corrected chi connectivity index (χ3v) is 6.50. The van der Waals surface area contributed by atoms with E-state index in [0.717, 1.165) is 27.0 Å². The van der Waals surface area contributed by atoms with Crippen LogP contribution in [0, 0.1) is 13.8 Å². The van der Waals surface area contributed by atoms with Crippen molar-refractivity contribution in [1.82, 2.24) is 14.8 Å². The first kappa shape index (κ1) is 21.4. The van der Waals surface area contributed by atoms with Gasteiger partial charge in [-0.1, -0.05) is 45.9 Å². The van der Waals surface area contributed by atoms with E-state index >= 15 is 0 Å². The molecule has 0 saturated heterocycles. The van der Waals surface area contributed by atoms with Crippen LogP contribution >= 0.6 is 27.7 Å². The van der Waals surface area contributed by atoms with E-state index in [9.17, 15) is 4.79 Å². The van der Waals surface area contributed by atoms with Crippen LogP contribution in [0.3, 0.4) is 0 Å². The molecule has 3 rings (SSSR count). The highest BCUT2D eigenvalue weighted by atomic mass is 79.9. The molecular formula is C21H23BrN4O2S. The molecule has 8 heteroatoms. The predicted molar refractivity (Wildman–Crippen MR) is 119 cm³/mol. The Bertz CT molecular complexity index is 1010. The third-order valence-electron chi connectivity index (χ3n) is 4.62. The SMILES string of the molecule is Cc1c(Br)ccc(NC(=O)CSc2nnc([C@@H](C)Oc3ccccc3)n2C)c1C. The molecule has 0 aliphatic carbocycles. The number of benzene rings is 2. The number of nitrogens with zero attached hydrogens (tertiary/aromatic N) is 3. The number of para-hydroxylation sites is 1. The number of halogens is 1. The number of amides is 1. The van der Waals surface area contributed by atoms with Crippen LogP contribution in [0.5, 0.6) is 5.75 Å². The molecule has 1 amide bonds. The summed E-state index contributed by atoms with van der Waals surface area (Å²) >= 11 is 4.85. The van der Waals surface area contributed by atoms with Gasteiger partial charge >= 0.3 is 0 Å². The smallest absolute Gasteiger partial charge is 0.234 e. The molecule has 0 fully saturated rings. The minimum Gasteiger partial charge on any atom is -0.483 e. The lowest BCUT2D eigenvalue weighted by atomic mass is 10.1. The molecule has 1 atom stereocenters. The molecule has 0 bridgehead atoms. The number of hydrogen-bond acceptors (Lipinski definition) is 5. The Morgan fingerprint density at radius 3 is 2.62 bits per heavy atom. The van der Waals surface area contributed by atoms with E-state index in [1.165, 1.54) is 11.8 Å². The maximum Gasteiger partial charge on any atom is 0.234 e. The average Bonchev–Trinajstić information content (AvgIpc) is 3.08. The average molecular weight is 475 g/mol.